The minimum absolute atomic E-state index is 0.628. The van der Waals surface area contributed by atoms with Crippen LogP contribution < -0.4 is 0 Å². The molecular formula is C20H22ClNS2. The van der Waals surface area contributed by atoms with Gasteiger partial charge in [0.2, 0.25) is 0 Å². The molecule has 2 aromatic rings. The largest absolute Gasteiger partial charge is 0.242 e. The van der Waals surface area contributed by atoms with E-state index in [9.17, 15) is 0 Å². The van der Waals surface area contributed by atoms with Crippen molar-refractivity contribution >= 4 is 45.9 Å². The fourth-order valence-electron chi connectivity index (χ4n) is 1.82. The molecular weight excluding hydrogens is 354 g/mol. The van der Waals surface area contributed by atoms with E-state index in [0.717, 1.165) is 26.4 Å². The van der Waals surface area contributed by atoms with Crippen LogP contribution in [-0.2, 0) is 0 Å². The predicted molar refractivity (Wildman–Crippen MR) is 112 cm³/mol. The Morgan fingerprint density at radius 1 is 1.12 bits per heavy atom. The smallest absolute Gasteiger partial charge is 0.0972 e. The molecule has 0 fully saturated rings. The zero-order valence-electron chi connectivity index (χ0n) is 14.2. The highest BCUT2D eigenvalue weighted by Crippen LogP contribution is 2.28. The number of aryl methyl sites for hydroxylation is 1. The maximum absolute atomic E-state index is 6.20. The first kappa shape index (κ1) is 19.2. The van der Waals surface area contributed by atoms with Crippen molar-refractivity contribution in [1.82, 2.24) is 0 Å². The van der Waals surface area contributed by atoms with Gasteiger partial charge in [-0.3, -0.25) is 0 Å². The topological polar surface area (TPSA) is 12.4 Å². The van der Waals surface area contributed by atoms with Gasteiger partial charge in [0.15, 0.2) is 0 Å². The summed E-state index contributed by atoms with van der Waals surface area (Å²) in [5, 5.41) is 3.85. The molecule has 0 saturated carbocycles. The third-order valence-electron chi connectivity index (χ3n) is 3.08. The first-order chi connectivity index (χ1) is 11.5. The molecule has 0 radical (unpaired) electrons. The highest BCUT2D eigenvalue weighted by molar-refractivity contribution is 8.14. The molecule has 0 bridgehead atoms. The molecule has 126 valence electrons. The van der Waals surface area contributed by atoms with E-state index in [1.54, 1.807) is 23.5 Å². The monoisotopic (exact) mass is 375 g/mol. The van der Waals surface area contributed by atoms with Crippen molar-refractivity contribution in [2.75, 3.05) is 5.75 Å². The lowest BCUT2D eigenvalue weighted by Crippen LogP contribution is -1.95. The average molecular weight is 376 g/mol. The lowest BCUT2D eigenvalue weighted by molar-refractivity contribution is 0.752. The molecule has 24 heavy (non-hydrogen) atoms. The van der Waals surface area contributed by atoms with Gasteiger partial charge in [-0.25, -0.2) is 4.99 Å². The van der Waals surface area contributed by atoms with Crippen LogP contribution in [0, 0.1) is 12.8 Å². The summed E-state index contributed by atoms with van der Waals surface area (Å²) >= 11 is 9.60. The van der Waals surface area contributed by atoms with Gasteiger partial charge in [0.05, 0.1) is 15.8 Å². The van der Waals surface area contributed by atoms with Crippen LogP contribution in [0.25, 0.3) is 0 Å². The SMILES string of the molecule is Cc1ccc(N=C(C=CSc2ccccc2Cl)SCC(C)C)cc1. The second kappa shape index (κ2) is 9.97. The fraction of sp³-hybridized carbons (Fsp3) is 0.250. The molecule has 0 N–H and O–H groups in total. The van der Waals surface area contributed by atoms with Gasteiger partial charge < -0.3 is 0 Å². The predicted octanol–water partition coefficient (Wildman–Crippen LogP) is 7.37. The number of benzene rings is 2. The van der Waals surface area contributed by atoms with E-state index in [-0.39, 0.29) is 0 Å². The summed E-state index contributed by atoms with van der Waals surface area (Å²) in [6.45, 7) is 6.53. The lowest BCUT2D eigenvalue weighted by atomic mass is 10.2. The van der Waals surface area contributed by atoms with Crippen LogP contribution in [0.5, 0.6) is 0 Å². The van der Waals surface area contributed by atoms with E-state index in [1.165, 1.54) is 5.56 Å². The Morgan fingerprint density at radius 3 is 2.50 bits per heavy atom. The number of rotatable bonds is 6. The number of aliphatic imine (C=N–C) groups is 1. The van der Waals surface area contributed by atoms with Crippen molar-refractivity contribution in [1.29, 1.82) is 0 Å². The molecule has 0 unspecified atom stereocenters. The number of thioether (sulfide) groups is 2. The number of halogens is 1. The van der Waals surface area contributed by atoms with Crippen LogP contribution >= 0.6 is 35.1 Å². The summed E-state index contributed by atoms with van der Waals surface area (Å²) in [6.07, 6.45) is 2.07. The quantitative estimate of drug-likeness (QED) is 0.296. The van der Waals surface area contributed by atoms with E-state index >= 15 is 0 Å². The molecule has 2 rings (SSSR count). The maximum Gasteiger partial charge on any atom is 0.0972 e. The van der Waals surface area contributed by atoms with Crippen LogP contribution in [-0.4, -0.2) is 10.8 Å². The molecule has 0 saturated heterocycles. The highest BCUT2D eigenvalue weighted by atomic mass is 35.5. The van der Waals surface area contributed by atoms with Gasteiger partial charge in [-0.1, -0.05) is 67.0 Å². The third kappa shape index (κ3) is 6.76. The van der Waals surface area contributed by atoms with Gasteiger partial charge in [0.1, 0.15) is 0 Å². The van der Waals surface area contributed by atoms with E-state index < -0.39 is 0 Å². The van der Waals surface area contributed by atoms with Crippen molar-refractivity contribution in [2.45, 2.75) is 25.7 Å². The van der Waals surface area contributed by atoms with Gasteiger partial charge >= 0.3 is 0 Å². The summed E-state index contributed by atoms with van der Waals surface area (Å²) in [7, 11) is 0. The van der Waals surface area contributed by atoms with Crippen molar-refractivity contribution in [3.05, 3.63) is 70.6 Å². The second-order valence-corrected chi connectivity index (χ2v) is 8.24. The van der Waals surface area contributed by atoms with Crippen LogP contribution in [0.4, 0.5) is 5.69 Å². The van der Waals surface area contributed by atoms with Crippen LogP contribution in [0.15, 0.2) is 69.9 Å². The van der Waals surface area contributed by atoms with E-state index in [0.29, 0.717) is 5.92 Å². The standard InChI is InChI=1S/C20H22ClNS2/c1-15(2)14-24-20(22-17-10-8-16(3)9-11-17)12-13-23-19-7-5-4-6-18(19)21/h4-13,15H,14H2,1-3H3. The summed E-state index contributed by atoms with van der Waals surface area (Å²) in [6, 6.07) is 16.2. The Labute approximate surface area is 158 Å². The van der Waals surface area contributed by atoms with Crippen molar-refractivity contribution in [3.8, 4) is 0 Å². The molecule has 0 amide bonds. The second-order valence-electron chi connectivity index (χ2n) is 5.84. The number of hydrogen-bond acceptors (Lipinski definition) is 3. The molecule has 0 aromatic heterocycles. The Balaban J connectivity index is 2.11. The molecule has 2 aromatic carbocycles. The molecule has 0 aliphatic heterocycles. The Hall–Kier alpha value is -1.16. The van der Waals surface area contributed by atoms with Gasteiger partial charge in [-0.15, -0.1) is 11.8 Å². The summed E-state index contributed by atoms with van der Waals surface area (Å²) < 4.78 is 0. The Kier molecular flexibility index (Phi) is 7.97. The average Bonchev–Trinajstić information content (AvgIpc) is 2.56. The zero-order valence-corrected chi connectivity index (χ0v) is 16.6. The molecule has 4 heteroatoms. The molecule has 1 nitrogen and oxygen atoms in total. The lowest BCUT2D eigenvalue weighted by Gasteiger charge is -2.05. The van der Waals surface area contributed by atoms with E-state index in [1.807, 2.05) is 24.3 Å². The van der Waals surface area contributed by atoms with Crippen LogP contribution in [0.1, 0.15) is 19.4 Å². The normalized spacial score (nSPS) is 12.3. The van der Waals surface area contributed by atoms with Gasteiger partial charge in [0.25, 0.3) is 0 Å². The van der Waals surface area contributed by atoms with E-state index in [2.05, 4.69) is 56.5 Å². The molecule has 0 aliphatic rings. The highest BCUT2D eigenvalue weighted by Gasteiger charge is 2.02. The maximum atomic E-state index is 6.20. The van der Waals surface area contributed by atoms with E-state index in [4.69, 9.17) is 16.6 Å². The molecule has 0 aliphatic carbocycles. The molecule has 0 heterocycles. The van der Waals surface area contributed by atoms with Gasteiger partial charge in [-0.2, -0.15) is 0 Å². The van der Waals surface area contributed by atoms with Crippen LogP contribution in [0.2, 0.25) is 5.02 Å². The first-order valence-electron chi connectivity index (χ1n) is 7.90. The molecule has 0 atom stereocenters. The summed E-state index contributed by atoms with van der Waals surface area (Å²) in [4.78, 5) is 5.83. The first-order valence-corrected chi connectivity index (χ1v) is 10.1. The van der Waals surface area contributed by atoms with Gasteiger partial charge in [-0.05, 0) is 48.6 Å². The minimum atomic E-state index is 0.628. The third-order valence-corrected chi connectivity index (χ3v) is 5.76. The van der Waals surface area contributed by atoms with Crippen LogP contribution in [0.3, 0.4) is 0 Å². The summed E-state index contributed by atoms with van der Waals surface area (Å²) in [5.41, 5.74) is 2.23. The van der Waals surface area contributed by atoms with Gasteiger partial charge in [0, 0.05) is 10.6 Å². The van der Waals surface area contributed by atoms with Crippen molar-refractivity contribution in [2.24, 2.45) is 10.9 Å². The number of hydrogen-bond donors (Lipinski definition) is 0. The fourth-order valence-corrected chi connectivity index (χ4v) is 3.70. The van der Waals surface area contributed by atoms with Crippen molar-refractivity contribution < 1.29 is 0 Å². The summed E-state index contributed by atoms with van der Waals surface area (Å²) in [5.74, 6) is 1.68. The number of nitrogens with zero attached hydrogens (tertiary/aromatic N) is 1. The Bertz CT molecular complexity index is 706. The minimum Gasteiger partial charge on any atom is -0.242 e. The van der Waals surface area contributed by atoms with Crippen molar-refractivity contribution in [3.63, 3.8) is 0 Å². The Morgan fingerprint density at radius 2 is 1.83 bits per heavy atom. The zero-order chi connectivity index (χ0) is 17.4. The molecule has 0 spiro atoms.